The number of benzene rings is 3. The first-order chi connectivity index (χ1) is 22.2. The predicted molar refractivity (Wildman–Crippen MR) is 166 cm³/mol. The summed E-state index contributed by atoms with van der Waals surface area (Å²) in [4.78, 5) is 48.8. The molecule has 1 aromatic heterocycles. The SMILES string of the molecule is Cn1ccc(=O)n(-c2cccc3c(CCC(=O)O)cccc23)c1=O.NC(=O)c1c(F)cc(NCC(F)(F)F)cc1CN1CCOCC1. The Labute approximate surface area is 265 Å². The predicted octanol–water partition coefficient (Wildman–Crippen LogP) is 3.44. The molecule has 0 radical (unpaired) electrons. The third kappa shape index (κ3) is 9.04. The van der Waals surface area contributed by atoms with Crippen LogP contribution < -0.4 is 22.3 Å². The number of aryl methyl sites for hydroxylation is 2. The van der Waals surface area contributed by atoms with E-state index < -0.39 is 41.7 Å². The minimum Gasteiger partial charge on any atom is -0.481 e. The fraction of sp³-hybridized carbons (Fsp3) is 0.312. The molecule has 5 rings (SSSR count). The first-order valence-corrected chi connectivity index (χ1v) is 14.5. The molecule has 1 aliphatic heterocycles. The number of ether oxygens (including phenoxy) is 1. The summed E-state index contributed by atoms with van der Waals surface area (Å²) in [6.07, 6.45) is -2.58. The van der Waals surface area contributed by atoms with Gasteiger partial charge in [0.05, 0.1) is 24.5 Å². The highest BCUT2D eigenvalue weighted by Crippen LogP contribution is 2.26. The fourth-order valence-corrected chi connectivity index (χ4v) is 5.17. The van der Waals surface area contributed by atoms with Crippen LogP contribution in [0.15, 0.2) is 70.4 Å². The summed E-state index contributed by atoms with van der Waals surface area (Å²) in [7, 11) is 1.59. The number of aliphatic carboxylic acids is 1. The number of carboxylic acid groups (broad SMARTS) is 1. The molecule has 4 N–H and O–H groups in total. The van der Waals surface area contributed by atoms with Crippen molar-refractivity contribution in [1.82, 2.24) is 14.0 Å². The smallest absolute Gasteiger partial charge is 0.405 e. The minimum absolute atomic E-state index is 0.0242. The van der Waals surface area contributed by atoms with Gasteiger partial charge >= 0.3 is 17.8 Å². The maximum absolute atomic E-state index is 14.1. The summed E-state index contributed by atoms with van der Waals surface area (Å²) in [5.41, 5.74) is 5.64. The van der Waals surface area contributed by atoms with Crippen molar-refractivity contribution in [2.75, 3.05) is 38.2 Å². The Morgan fingerprint density at radius 1 is 1.00 bits per heavy atom. The molecule has 1 fully saturated rings. The second kappa shape index (κ2) is 15.0. The zero-order valence-electron chi connectivity index (χ0n) is 25.3. The lowest BCUT2D eigenvalue weighted by Crippen LogP contribution is -2.36. The van der Waals surface area contributed by atoms with Crippen LogP contribution in [0.1, 0.15) is 27.9 Å². The first kappa shape index (κ1) is 34.8. The van der Waals surface area contributed by atoms with Crippen molar-refractivity contribution in [2.24, 2.45) is 12.8 Å². The van der Waals surface area contributed by atoms with Crippen LogP contribution in [-0.4, -0.2) is 70.0 Å². The third-order valence-electron chi connectivity index (χ3n) is 7.40. The molecule has 2 heterocycles. The van der Waals surface area contributed by atoms with Gasteiger partial charge < -0.3 is 25.5 Å². The lowest BCUT2D eigenvalue weighted by atomic mass is 9.99. The van der Waals surface area contributed by atoms with Crippen LogP contribution in [0.4, 0.5) is 23.2 Å². The van der Waals surface area contributed by atoms with Crippen molar-refractivity contribution in [3.8, 4) is 5.69 Å². The van der Waals surface area contributed by atoms with Crippen molar-refractivity contribution in [3.63, 3.8) is 0 Å². The van der Waals surface area contributed by atoms with E-state index in [0.29, 0.717) is 38.4 Å². The fourth-order valence-electron chi connectivity index (χ4n) is 5.17. The largest absolute Gasteiger partial charge is 0.481 e. The summed E-state index contributed by atoms with van der Waals surface area (Å²) in [6.45, 7) is 1.08. The molecular weight excluding hydrogens is 626 g/mol. The highest BCUT2D eigenvalue weighted by Gasteiger charge is 2.27. The number of nitrogens with zero attached hydrogens (tertiary/aromatic N) is 3. The number of morpholine rings is 1. The van der Waals surface area contributed by atoms with E-state index in [4.69, 9.17) is 15.6 Å². The molecular formula is C32H33F4N5O6. The van der Waals surface area contributed by atoms with Gasteiger partial charge in [-0.1, -0.05) is 30.3 Å². The van der Waals surface area contributed by atoms with Gasteiger partial charge in [0.25, 0.3) is 11.5 Å². The standard InChI is InChI=1S/C18H16N2O4.C14H17F4N3O2/c1-19-11-10-16(21)20(18(19)24)15-7-3-5-13-12(8-9-17(22)23)4-2-6-14(13)15;15-11-6-10(20-8-14(16,17)18)5-9(12(11)13(19)22)7-21-1-3-23-4-2-21/h2-7,10-11H,8-9H2,1H3,(H,22,23);5-6,20H,1-4,7-8H2,(H2,19,22). The Hall–Kier alpha value is -5.02. The number of primary amides is 1. The average molecular weight is 660 g/mol. The quantitative estimate of drug-likeness (QED) is 0.232. The second-order valence-corrected chi connectivity index (χ2v) is 10.8. The zero-order chi connectivity index (χ0) is 34.3. The van der Waals surface area contributed by atoms with Crippen LogP contribution in [-0.2, 0) is 29.5 Å². The molecule has 1 aliphatic rings. The number of amides is 1. The number of nitrogens with one attached hydrogen (secondary N) is 1. The number of hydrogen-bond donors (Lipinski definition) is 3. The number of aromatic nitrogens is 2. The molecule has 0 aliphatic carbocycles. The Balaban J connectivity index is 0.000000213. The molecule has 15 heteroatoms. The molecule has 3 aromatic carbocycles. The van der Waals surface area contributed by atoms with E-state index in [1.807, 2.05) is 29.2 Å². The van der Waals surface area contributed by atoms with Gasteiger partial charge in [-0.15, -0.1) is 0 Å². The summed E-state index contributed by atoms with van der Waals surface area (Å²) in [5, 5.41) is 12.6. The van der Waals surface area contributed by atoms with Crippen LogP contribution in [0.3, 0.4) is 0 Å². The molecule has 0 bridgehead atoms. The first-order valence-electron chi connectivity index (χ1n) is 14.5. The Kier molecular flexibility index (Phi) is 11.2. The molecule has 4 aromatic rings. The second-order valence-electron chi connectivity index (χ2n) is 10.8. The number of rotatable bonds is 9. The van der Waals surface area contributed by atoms with Crippen molar-refractivity contribution in [3.05, 3.63) is 104 Å². The minimum atomic E-state index is -4.43. The number of anilines is 1. The maximum Gasteiger partial charge on any atom is 0.405 e. The maximum atomic E-state index is 14.1. The lowest BCUT2D eigenvalue weighted by molar-refractivity contribution is -0.137. The van der Waals surface area contributed by atoms with E-state index in [2.05, 4.69) is 5.32 Å². The van der Waals surface area contributed by atoms with Crippen LogP contribution in [0.5, 0.6) is 0 Å². The van der Waals surface area contributed by atoms with Gasteiger partial charge in [0.1, 0.15) is 12.4 Å². The number of alkyl halides is 3. The number of nitrogens with two attached hydrogens (primary N) is 1. The molecule has 0 atom stereocenters. The number of hydrogen-bond acceptors (Lipinski definition) is 7. The number of halogens is 4. The monoisotopic (exact) mass is 659 g/mol. The van der Waals surface area contributed by atoms with Crippen molar-refractivity contribution in [2.45, 2.75) is 25.6 Å². The molecule has 1 amide bonds. The van der Waals surface area contributed by atoms with Gasteiger partial charge in [-0.2, -0.15) is 13.2 Å². The number of carbonyl (C=O) groups excluding carboxylic acids is 1. The molecule has 11 nitrogen and oxygen atoms in total. The molecule has 250 valence electrons. The van der Waals surface area contributed by atoms with E-state index in [1.165, 1.54) is 22.9 Å². The lowest BCUT2D eigenvalue weighted by Gasteiger charge is -2.27. The number of carboxylic acids is 1. The van der Waals surface area contributed by atoms with Crippen LogP contribution in [0, 0.1) is 5.82 Å². The number of fused-ring (bicyclic) bond motifs is 1. The van der Waals surface area contributed by atoms with Crippen molar-refractivity contribution in [1.29, 1.82) is 0 Å². The molecule has 0 unspecified atom stereocenters. The summed E-state index contributed by atoms with van der Waals surface area (Å²) < 4.78 is 58.5. The molecule has 1 saturated heterocycles. The van der Waals surface area contributed by atoms with Gasteiger partial charge in [-0.05, 0) is 41.1 Å². The van der Waals surface area contributed by atoms with Crippen LogP contribution >= 0.6 is 0 Å². The van der Waals surface area contributed by atoms with Gasteiger partial charge in [0, 0.05) is 56.4 Å². The van der Waals surface area contributed by atoms with E-state index >= 15 is 0 Å². The Bertz CT molecular complexity index is 1880. The normalized spacial score (nSPS) is 13.6. The summed E-state index contributed by atoms with van der Waals surface area (Å²) >= 11 is 0. The summed E-state index contributed by atoms with van der Waals surface area (Å²) in [6, 6.07) is 14.4. The number of carbonyl (C=O) groups is 2. The molecule has 0 saturated carbocycles. The van der Waals surface area contributed by atoms with Crippen LogP contribution in [0.2, 0.25) is 0 Å². The summed E-state index contributed by atoms with van der Waals surface area (Å²) in [5.74, 6) is -2.75. The van der Waals surface area contributed by atoms with E-state index in [0.717, 1.165) is 27.0 Å². The third-order valence-corrected chi connectivity index (χ3v) is 7.40. The van der Waals surface area contributed by atoms with Crippen LogP contribution in [0.25, 0.3) is 16.5 Å². The van der Waals surface area contributed by atoms with Gasteiger partial charge in [0.15, 0.2) is 0 Å². The van der Waals surface area contributed by atoms with E-state index in [9.17, 15) is 36.7 Å². The van der Waals surface area contributed by atoms with E-state index in [-0.39, 0.29) is 29.8 Å². The highest BCUT2D eigenvalue weighted by molar-refractivity contribution is 5.95. The topological polar surface area (TPSA) is 149 Å². The highest BCUT2D eigenvalue weighted by atomic mass is 19.4. The Morgan fingerprint density at radius 2 is 1.68 bits per heavy atom. The van der Waals surface area contributed by atoms with Gasteiger partial charge in [0.2, 0.25) is 0 Å². The zero-order valence-corrected chi connectivity index (χ0v) is 25.3. The van der Waals surface area contributed by atoms with Crippen molar-refractivity contribution >= 4 is 28.3 Å². The molecule has 47 heavy (non-hydrogen) atoms. The van der Waals surface area contributed by atoms with E-state index in [1.54, 1.807) is 19.2 Å². The van der Waals surface area contributed by atoms with Gasteiger partial charge in [-0.3, -0.25) is 19.3 Å². The average Bonchev–Trinajstić information content (AvgIpc) is 3.01. The van der Waals surface area contributed by atoms with Gasteiger partial charge in [-0.25, -0.2) is 13.8 Å². The van der Waals surface area contributed by atoms with Crippen molar-refractivity contribution < 1.29 is 37.0 Å². The Morgan fingerprint density at radius 3 is 2.34 bits per heavy atom. The molecule has 0 spiro atoms.